The van der Waals surface area contributed by atoms with Crippen LogP contribution in [0.2, 0.25) is 0 Å². The summed E-state index contributed by atoms with van der Waals surface area (Å²) in [5, 5.41) is 16.6. The van der Waals surface area contributed by atoms with Crippen LogP contribution in [0.5, 0.6) is 0 Å². The maximum Gasteiger partial charge on any atom is 0.315 e. The van der Waals surface area contributed by atoms with E-state index in [4.69, 9.17) is 4.74 Å². The zero-order valence-electron chi connectivity index (χ0n) is 13.2. The van der Waals surface area contributed by atoms with Crippen molar-refractivity contribution in [3.63, 3.8) is 0 Å². The molecule has 2 rings (SSSR count). The van der Waals surface area contributed by atoms with Crippen molar-refractivity contribution in [1.29, 1.82) is 0 Å². The number of urea groups is 1. The van der Waals surface area contributed by atoms with E-state index in [1.807, 2.05) is 18.2 Å². The minimum Gasteiger partial charge on any atom is -0.385 e. The predicted molar refractivity (Wildman–Crippen MR) is 91.0 cm³/mol. The van der Waals surface area contributed by atoms with Crippen molar-refractivity contribution < 1.29 is 14.3 Å². The predicted octanol–water partition coefficient (Wildman–Crippen LogP) is 1.63. The molecule has 3 N–H and O–H groups in total. The molecule has 24 heavy (non-hydrogen) atoms. The molecule has 3 amide bonds. The Labute approximate surface area is 143 Å². The fourth-order valence-electron chi connectivity index (χ4n) is 1.76. The van der Waals surface area contributed by atoms with Crippen LogP contribution >= 0.6 is 11.3 Å². The number of carbonyl (C=O) groups is 2. The number of ether oxygens (including phenoxy) is 1. The van der Waals surface area contributed by atoms with Gasteiger partial charge in [-0.25, -0.2) is 4.79 Å². The quantitative estimate of drug-likeness (QED) is 0.628. The third-order valence-corrected chi connectivity index (χ3v) is 3.83. The Morgan fingerprint density at radius 2 is 1.96 bits per heavy atom. The highest BCUT2D eigenvalue weighted by molar-refractivity contribution is 7.13. The highest BCUT2D eigenvalue weighted by Gasteiger charge is 2.13. The van der Waals surface area contributed by atoms with Crippen molar-refractivity contribution in [1.82, 2.24) is 20.8 Å². The molecule has 0 fully saturated rings. The summed E-state index contributed by atoms with van der Waals surface area (Å²) in [7, 11) is 1.61. The minimum absolute atomic E-state index is 0.215. The number of methoxy groups -OCH3 is 1. The van der Waals surface area contributed by atoms with Crippen LogP contribution in [-0.2, 0) is 11.3 Å². The first-order valence-corrected chi connectivity index (χ1v) is 8.20. The lowest BCUT2D eigenvalue weighted by Crippen LogP contribution is -2.35. The summed E-state index contributed by atoms with van der Waals surface area (Å²) in [4.78, 5) is 23.6. The SMILES string of the molecule is COCCCNC(=O)NCc1nnc(C(=O)Nc2ccccc2)s1. The maximum absolute atomic E-state index is 12.1. The number of hydrogen-bond acceptors (Lipinski definition) is 6. The Morgan fingerprint density at radius 3 is 2.71 bits per heavy atom. The number of amides is 3. The molecule has 0 aliphatic rings. The van der Waals surface area contributed by atoms with Gasteiger partial charge < -0.3 is 20.7 Å². The Balaban J connectivity index is 1.76. The second kappa shape index (κ2) is 9.58. The van der Waals surface area contributed by atoms with Crippen LogP contribution in [0, 0.1) is 0 Å². The molecule has 0 radical (unpaired) electrons. The van der Waals surface area contributed by atoms with E-state index in [9.17, 15) is 9.59 Å². The molecule has 0 bridgehead atoms. The van der Waals surface area contributed by atoms with E-state index >= 15 is 0 Å². The first-order valence-electron chi connectivity index (χ1n) is 7.38. The third kappa shape index (κ3) is 5.94. The zero-order valence-corrected chi connectivity index (χ0v) is 14.1. The standard InChI is InChI=1S/C15H19N5O3S/c1-23-9-5-8-16-15(22)17-10-12-19-20-14(24-12)13(21)18-11-6-3-2-4-7-11/h2-4,6-7H,5,8-10H2,1H3,(H,18,21)(H2,16,17,22). The number of nitrogens with zero attached hydrogens (tertiary/aromatic N) is 2. The van der Waals surface area contributed by atoms with Crippen LogP contribution < -0.4 is 16.0 Å². The van der Waals surface area contributed by atoms with Gasteiger partial charge in [-0.1, -0.05) is 29.5 Å². The van der Waals surface area contributed by atoms with Crippen molar-refractivity contribution in [2.45, 2.75) is 13.0 Å². The molecule has 1 aromatic heterocycles. The summed E-state index contributed by atoms with van der Waals surface area (Å²) in [6.45, 7) is 1.34. The van der Waals surface area contributed by atoms with Crippen LogP contribution in [0.1, 0.15) is 21.2 Å². The summed E-state index contributed by atoms with van der Waals surface area (Å²) in [5.41, 5.74) is 0.688. The Morgan fingerprint density at radius 1 is 1.17 bits per heavy atom. The fourth-order valence-corrected chi connectivity index (χ4v) is 2.43. The monoisotopic (exact) mass is 349 g/mol. The second-order valence-electron chi connectivity index (χ2n) is 4.78. The van der Waals surface area contributed by atoms with Gasteiger partial charge in [-0.05, 0) is 18.6 Å². The second-order valence-corrected chi connectivity index (χ2v) is 5.84. The minimum atomic E-state index is -0.325. The fraction of sp³-hybridized carbons (Fsp3) is 0.333. The molecule has 128 valence electrons. The van der Waals surface area contributed by atoms with Gasteiger partial charge in [-0.15, -0.1) is 10.2 Å². The van der Waals surface area contributed by atoms with Crippen molar-refractivity contribution in [2.24, 2.45) is 0 Å². The molecule has 8 nitrogen and oxygen atoms in total. The number of rotatable bonds is 8. The van der Waals surface area contributed by atoms with E-state index in [2.05, 4.69) is 26.1 Å². The first kappa shape index (κ1) is 17.8. The summed E-state index contributed by atoms with van der Waals surface area (Å²) in [5.74, 6) is -0.325. The summed E-state index contributed by atoms with van der Waals surface area (Å²) in [6, 6.07) is 8.80. The molecule has 0 aliphatic carbocycles. The van der Waals surface area contributed by atoms with E-state index < -0.39 is 0 Å². The van der Waals surface area contributed by atoms with Gasteiger partial charge in [0.05, 0.1) is 6.54 Å². The average molecular weight is 349 g/mol. The normalized spacial score (nSPS) is 10.2. The van der Waals surface area contributed by atoms with E-state index in [1.54, 1.807) is 19.2 Å². The molecule has 0 saturated carbocycles. The van der Waals surface area contributed by atoms with Gasteiger partial charge in [-0.3, -0.25) is 4.79 Å². The number of aromatic nitrogens is 2. The van der Waals surface area contributed by atoms with E-state index in [0.29, 0.717) is 23.8 Å². The summed E-state index contributed by atoms with van der Waals surface area (Å²) in [6.07, 6.45) is 0.743. The van der Waals surface area contributed by atoms with Gasteiger partial charge in [-0.2, -0.15) is 0 Å². The average Bonchev–Trinajstić information content (AvgIpc) is 3.07. The highest BCUT2D eigenvalue weighted by Crippen LogP contribution is 2.12. The van der Waals surface area contributed by atoms with Crippen molar-refractivity contribution >= 4 is 29.0 Å². The molecule has 0 aliphatic heterocycles. The van der Waals surface area contributed by atoms with Gasteiger partial charge in [0.1, 0.15) is 5.01 Å². The number of hydrogen-bond donors (Lipinski definition) is 3. The molecule has 0 saturated heterocycles. The number of carbonyl (C=O) groups excluding carboxylic acids is 2. The molecule has 1 heterocycles. The Hall–Kier alpha value is -2.52. The van der Waals surface area contributed by atoms with E-state index in [0.717, 1.165) is 17.8 Å². The van der Waals surface area contributed by atoms with E-state index in [-0.39, 0.29) is 23.5 Å². The molecule has 0 spiro atoms. The lowest BCUT2D eigenvalue weighted by atomic mass is 10.3. The molecular weight excluding hydrogens is 330 g/mol. The van der Waals surface area contributed by atoms with Gasteiger partial charge in [0.25, 0.3) is 5.91 Å². The van der Waals surface area contributed by atoms with Crippen LogP contribution in [0.3, 0.4) is 0 Å². The van der Waals surface area contributed by atoms with Crippen LogP contribution in [-0.4, -0.2) is 42.4 Å². The number of para-hydroxylation sites is 1. The van der Waals surface area contributed by atoms with Gasteiger partial charge in [0.15, 0.2) is 0 Å². The number of benzene rings is 1. The van der Waals surface area contributed by atoms with Crippen molar-refractivity contribution in [3.8, 4) is 0 Å². The molecule has 0 unspecified atom stereocenters. The topological polar surface area (TPSA) is 105 Å². The molecule has 9 heteroatoms. The Bertz CT molecular complexity index is 662. The number of nitrogens with one attached hydrogen (secondary N) is 3. The van der Waals surface area contributed by atoms with Gasteiger partial charge in [0.2, 0.25) is 5.01 Å². The molecule has 0 atom stereocenters. The van der Waals surface area contributed by atoms with Crippen LogP contribution in [0.15, 0.2) is 30.3 Å². The lowest BCUT2D eigenvalue weighted by Gasteiger charge is -2.05. The molecule has 1 aromatic carbocycles. The van der Waals surface area contributed by atoms with Gasteiger partial charge >= 0.3 is 6.03 Å². The molecular formula is C15H19N5O3S. The summed E-state index contributed by atoms with van der Waals surface area (Å²) < 4.78 is 4.89. The highest BCUT2D eigenvalue weighted by atomic mass is 32.1. The maximum atomic E-state index is 12.1. The van der Waals surface area contributed by atoms with Crippen molar-refractivity contribution in [3.05, 3.63) is 40.3 Å². The van der Waals surface area contributed by atoms with Crippen LogP contribution in [0.4, 0.5) is 10.5 Å². The smallest absolute Gasteiger partial charge is 0.315 e. The number of anilines is 1. The largest absolute Gasteiger partial charge is 0.385 e. The van der Waals surface area contributed by atoms with Gasteiger partial charge in [0, 0.05) is 25.9 Å². The Kier molecular flexibility index (Phi) is 7.12. The third-order valence-electron chi connectivity index (χ3n) is 2.90. The summed E-state index contributed by atoms with van der Waals surface area (Å²) >= 11 is 1.14. The first-order chi connectivity index (χ1) is 11.7. The van der Waals surface area contributed by atoms with Crippen LogP contribution in [0.25, 0.3) is 0 Å². The van der Waals surface area contributed by atoms with E-state index in [1.165, 1.54) is 0 Å². The van der Waals surface area contributed by atoms with Crippen molar-refractivity contribution in [2.75, 3.05) is 25.6 Å². The molecule has 2 aromatic rings. The lowest BCUT2D eigenvalue weighted by molar-refractivity contribution is 0.102. The zero-order chi connectivity index (χ0) is 17.2.